The highest BCUT2D eigenvalue weighted by atomic mass is 16.5. The molecule has 2 aromatic rings. The SMILES string of the molecule is COc1cccc(NC(=O)C(C)c2nn[nH]n2)c1. The van der Waals surface area contributed by atoms with Crippen LogP contribution in [0.15, 0.2) is 24.3 Å². The first-order valence-corrected chi connectivity index (χ1v) is 5.39. The number of nitrogens with zero attached hydrogens (tertiary/aromatic N) is 3. The third kappa shape index (κ3) is 2.62. The minimum atomic E-state index is -0.477. The van der Waals surface area contributed by atoms with Crippen molar-refractivity contribution < 1.29 is 9.53 Å². The first-order valence-electron chi connectivity index (χ1n) is 5.39. The molecule has 94 valence electrons. The summed E-state index contributed by atoms with van der Waals surface area (Å²) >= 11 is 0. The van der Waals surface area contributed by atoms with Crippen molar-refractivity contribution in [2.45, 2.75) is 12.8 Å². The van der Waals surface area contributed by atoms with Crippen LogP contribution in [0.1, 0.15) is 18.7 Å². The highest BCUT2D eigenvalue weighted by Gasteiger charge is 2.19. The Morgan fingerprint density at radius 3 is 3.00 bits per heavy atom. The third-order valence-electron chi connectivity index (χ3n) is 2.48. The molecule has 7 heteroatoms. The number of amides is 1. The predicted octanol–water partition coefficient (Wildman–Crippen LogP) is 0.950. The van der Waals surface area contributed by atoms with E-state index >= 15 is 0 Å². The third-order valence-corrected chi connectivity index (χ3v) is 2.48. The van der Waals surface area contributed by atoms with E-state index in [1.807, 2.05) is 0 Å². The molecule has 1 amide bonds. The number of methoxy groups -OCH3 is 1. The molecule has 1 aromatic carbocycles. The molecule has 2 rings (SSSR count). The fraction of sp³-hybridized carbons (Fsp3) is 0.273. The molecule has 0 bridgehead atoms. The number of aromatic amines is 1. The van der Waals surface area contributed by atoms with E-state index in [0.717, 1.165) is 0 Å². The van der Waals surface area contributed by atoms with Gasteiger partial charge < -0.3 is 10.1 Å². The second kappa shape index (κ2) is 5.26. The molecule has 0 aliphatic rings. The summed E-state index contributed by atoms with van der Waals surface area (Å²) < 4.78 is 5.08. The van der Waals surface area contributed by atoms with Gasteiger partial charge in [-0.3, -0.25) is 4.79 Å². The second-order valence-electron chi connectivity index (χ2n) is 3.71. The van der Waals surface area contributed by atoms with Gasteiger partial charge in [0.15, 0.2) is 5.82 Å². The zero-order valence-electron chi connectivity index (χ0n) is 10.0. The fourth-order valence-electron chi connectivity index (χ4n) is 1.42. The van der Waals surface area contributed by atoms with E-state index in [0.29, 0.717) is 17.3 Å². The van der Waals surface area contributed by atoms with Crippen LogP contribution in [0.4, 0.5) is 5.69 Å². The maximum absolute atomic E-state index is 11.9. The van der Waals surface area contributed by atoms with Crippen molar-refractivity contribution in [2.75, 3.05) is 12.4 Å². The van der Waals surface area contributed by atoms with Crippen LogP contribution in [-0.4, -0.2) is 33.6 Å². The van der Waals surface area contributed by atoms with Crippen molar-refractivity contribution in [3.8, 4) is 5.75 Å². The molecule has 1 heterocycles. The maximum Gasteiger partial charge on any atom is 0.235 e. The van der Waals surface area contributed by atoms with Gasteiger partial charge in [-0.15, -0.1) is 10.2 Å². The van der Waals surface area contributed by atoms with E-state index in [1.165, 1.54) is 0 Å². The Hall–Kier alpha value is -2.44. The van der Waals surface area contributed by atoms with Crippen LogP contribution in [0, 0.1) is 0 Å². The standard InChI is InChI=1S/C11H13N5O2/c1-7(10-13-15-16-14-10)11(17)12-8-4-3-5-9(6-8)18-2/h3-7H,1-2H3,(H,12,17)(H,13,14,15,16). The van der Waals surface area contributed by atoms with Gasteiger partial charge in [-0.05, 0) is 19.1 Å². The minimum Gasteiger partial charge on any atom is -0.497 e. The number of carbonyl (C=O) groups is 1. The lowest BCUT2D eigenvalue weighted by Crippen LogP contribution is -2.19. The van der Waals surface area contributed by atoms with Crippen LogP contribution in [0.5, 0.6) is 5.75 Å². The number of hydrogen-bond acceptors (Lipinski definition) is 5. The second-order valence-corrected chi connectivity index (χ2v) is 3.71. The van der Waals surface area contributed by atoms with Crippen molar-refractivity contribution in [3.05, 3.63) is 30.1 Å². The monoisotopic (exact) mass is 247 g/mol. The molecule has 0 spiro atoms. The van der Waals surface area contributed by atoms with Gasteiger partial charge in [0.2, 0.25) is 5.91 Å². The number of rotatable bonds is 4. The Bertz CT molecular complexity index is 526. The summed E-state index contributed by atoms with van der Waals surface area (Å²) in [6.45, 7) is 1.71. The molecule has 0 saturated carbocycles. The number of aromatic nitrogens is 4. The molecule has 7 nitrogen and oxygen atoms in total. The van der Waals surface area contributed by atoms with Crippen LogP contribution < -0.4 is 10.1 Å². The molecule has 1 atom stereocenters. The molecule has 2 N–H and O–H groups in total. The Balaban J connectivity index is 2.06. The van der Waals surface area contributed by atoms with Crippen molar-refractivity contribution in [1.29, 1.82) is 0 Å². The highest BCUT2D eigenvalue weighted by molar-refractivity contribution is 5.95. The summed E-state index contributed by atoms with van der Waals surface area (Å²) in [4.78, 5) is 11.9. The van der Waals surface area contributed by atoms with Crippen molar-refractivity contribution >= 4 is 11.6 Å². The summed E-state index contributed by atoms with van der Waals surface area (Å²) in [5.41, 5.74) is 0.662. The van der Waals surface area contributed by atoms with Gasteiger partial charge in [-0.1, -0.05) is 11.3 Å². The van der Waals surface area contributed by atoms with Gasteiger partial charge >= 0.3 is 0 Å². The zero-order chi connectivity index (χ0) is 13.0. The van der Waals surface area contributed by atoms with Crippen LogP contribution in [0.25, 0.3) is 0 Å². The number of H-pyrrole nitrogens is 1. The molecule has 0 saturated heterocycles. The van der Waals surface area contributed by atoms with Gasteiger partial charge in [-0.25, -0.2) is 0 Å². The van der Waals surface area contributed by atoms with Crippen LogP contribution in [0.3, 0.4) is 0 Å². The molecule has 0 radical (unpaired) electrons. The average molecular weight is 247 g/mol. The normalized spacial score (nSPS) is 11.9. The summed E-state index contributed by atoms with van der Waals surface area (Å²) in [7, 11) is 1.57. The van der Waals surface area contributed by atoms with Crippen molar-refractivity contribution in [2.24, 2.45) is 0 Å². The highest BCUT2D eigenvalue weighted by Crippen LogP contribution is 2.18. The summed E-state index contributed by atoms with van der Waals surface area (Å²) in [5, 5.41) is 16.1. The summed E-state index contributed by atoms with van der Waals surface area (Å²) in [6, 6.07) is 7.12. The van der Waals surface area contributed by atoms with Gasteiger partial charge in [0.1, 0.15) is 5.75 Å². The van der Waals surface area contributed by atoms with Crippen molar-refractivity contribution in [1.82, 2.24) is 20.6 Å². The number of benzene rings is 1. The van der Waals surface area contributed by atoms with Gasteiger partial charge in [0.25, 0.3) is 0 Å². The van der Waals surface area contributed by atoms with E-state index in [2.05, 4.69) is 25.9 Å². The number of tetrazole rings is 1. The lowest BCUT2D eigenvalue weighted by molar-refractivity contribution is -0.117. The van der Waals surface area contributed by atoms with E-state index in [-0.39, 0.29) is 5.91 Å². The summed E-state index contributed by atoms with van der Waals surface area (Å²) in [6.07, 6.45) is 0. The first-order chi connectivity index (χ1) is 8.70. The molecule has 1 unspecified atom stereocenters. The van der Waals surface area contributed by atoms with Crippen LogP contribution >= 0.6 is 0 Å². The Morgan fingerprint density at radius 1 is 1.50 bits per heavy atom. The zero-order valence-corrected chi connectivity index (χ0v) is 10.0. The topological polar surface area (TPSA) is 92.8 Å². The smallest absolute Gasteiger partial charge is 0.235 e. The summed E-state index contributed by atoms with van der Waals surface area (Å²) in [5.74, 6) is 0.356. The number of anilines is 1. The molecule has 0 fully saturated rings. The largest absolute Gasteiger partial charge is 0.497 e. The molecular weight excluding hydrogens is 234 g/mol. The fourth-order valence-corrected chi connectivity index (χ4v) is 1.42. The molecular formula is C11H13N5O2. The number of nitrogens with one attached hydrogen (secondary N) is 2. The molecule has 18 heavy (non-hydrogen) atoms. The number of carbonyl (C=O) groups excluding carboxylic acids is 1. The predicted molar refractivity (Wildman–Crippen MR) is 64.2 cm³/mol. The van der Waals surface area contributed by atoms with Crippen LogP contribution in [-0.2, 0) is 4.79 Å². The van der Waals surface area contributed by atoms with E-state index in [1.54, 1.807) is 38.3 Å². The minimum absolute atomic E-state index is 0.204. The van der Waals surface area contributed by atoms with E-state index in [9.17, 15) is 4.79 Å². The molecule has 0 aliphatic carbocycles. The van der Waals surface area contributed by atoms with E-state index < -0.39 is 5.92 Å². The van der Waals surface area contributed by atoms with Crippen LogP contribution in [0.2, 0.25) is 0 Å². The average Bonchev–Trinajstić information content (AvgIpc) is 2.92. The quantitative estimate of drug-likeness (QED) is 0.839. The molecule has 1 aromatic heterocycles. The Kier molecular flexibility index (Phi) is 3.52. The molecule has 0 aliphatic heterocycles. The number of hydrogen-bond donors (Lipinski definition) is 2. The number of ether oxygens (including phenoxy) is 1. The van der Waals surface area contributed by atoms with Gasteiger partial charge in [0, 0.05) is 11.8 Å². The Labute approximate surface area is 104 Å². The first kappa shape index (κ1) is 12.0. The lowest BCUT2D eigenvalue weighted by atomic mass is 10.1. The Morgan fingerprint density at radius 2 is 2.33 bits per heavy atom. The lowest BCUT2D eigenvalue weighted by Gasteiger charge is -2.09. The van der Waals surface area contributed by atoms with Crippen molar-refractivity contribution in [3.63, 3.8) is 0 Å². The van der Waals surface area contributed by atoms with Gasteiger partial charge in [0.05, 0.1) is 13.0 Å². The maximum atomic E-state index is 11.9. The van der Waals surface area contributed by atoms with E-state index in [4.69, 9.17) is 4.74 Å². The van der Waals surface area contributed by atoms with Gasteiger partial charge in [-0.2, -0.15) is 5.21 Å².